The molecule has 4 amide bonds. The van der Waals surface area contributed by atoms with Gasteiger partial charge in [-0.1, -0.05) is 20.3 Å². The molecule has 5 unspecified atom stereocenters. The largest absolute Gasteiger partial charge is 0.480 e. The second-order valence-electron chi connectivity index (χ2n) is 6.47. The molecule has 0 aliphatic heterocycles. The van der Waals surface area contributed by atoms with E-state index in [1.807, 2.05) is 0 Å². The van der Waals surface area contributed by atoms with Gasteiger partial charge in [0.15, 0.2) is 0 Å². The lowest BCUT2D eigenvalue weighted by Gasteiger charge is -2.25. The molecular weight excluding hydrogens is 374 g/mol. The molecule has 0 radical (unpaired) electrons. The molecule has 160 valence electrons. The number of rotatable bonds is 12. The number of hydrogen-bond acceptors (Lipinski definition) is 7. The van der Waals surface area contributed by atoms with E-state index in [9.17, 15) is 34.2 Å². The minimum Gasteiger partial charge on any atom is -0.480 e. The van der Waals surface area contributed by atoms with Gasteiger partial charge in [0.2, 0.25) is 23.6 Å². The maximum atomic E-state index is 12.4. The van der Waals surface area contributed by atoms with Crippen molar-refractivity contribution >= 4 is 29.6 Å². The van der Waals surface area contributed by atoms with Gasteiger partial charge in [-0.15, -0.1) is 0 Å². The Morgan fingerprint density at radius 1 is 0.929 bits per heavy atom. The summed E-state index contributed by atoms with van der Waals surface area (Å²) < 4.78 is 0. The summed E-state index contributed by atoms with van der Waals surface area (Å²) in [6, 6.07) is -5.10. The third-order valence-corrected chi connectivity index (χ3v) is 4.04. The van der Waals surface area contributed by atoms with Gasteiger partial charge in [0, 0.05) is 0 Å². The van der Waals surface area contributed by atoms with Crippen LogP contribution in [0, 0.1) is 5.92 Å². The monoisotopic (exact) mass is 403 g/mol. The average Bonchev–Trinajstić information content (AvgIpc) is 2.61. The van der Waals surface area contributed by atoms with Crippen LogP contribution in [-0.2, 0) is 24.0 Å². The van der Waals surface area contributed by atoms with Crippen LogP contribution in [0.5, 0.6) is 0 Å². The van der Waals surface area contributed by atoms with Crippen LogP contribution in [0.1, 0.15) is 33.6 Å². The van der Waals surface area contributed by atoms with Crippen LogP contribution in [0.15, 0.2) is 0 Å². The maximum absolute atomic E-state index is 12.4. The molecule has 0 aromatic rings. The first-order valence-electron chi connectivity index (χ1n) is 8.73. The van der Waals surface area contributed by atoms with Crippen molar-refractivity contribution in [1.82, 2.24) is 16.0 Å². The van der Waals surface area contributed by atoms with Crippen molar-refractivity contribution in [3.8, 4) is 0 Å². The fourth-order valence-corrected chi connectivity index (χ4v) is 2.12. The van der Waals surface area contributed by atoms with E-state index in [1.54, 1.807) is 13.8 Å². The Morgan fingerprint density at radius 2 is 1.43 bits per heavy atom. The van der Waals surface area contributed by atoms with E-state index in [2.05, 4.69) is 16.0 Å². The summed E-state index contributed by atoms with van der Waals surface area (Å²) in [7, 11) is 0. The van der Waals surface area contributed by atoms with Crippen LogP contribution in [-0.4, -0.2) is 70.6 Å². The van der Waals surface area contributed by atoms with Gasteiger partial charge in [-0.25, -0.2) is 4.79 Å². The minimum absolute atomic E-state index is 0.415. The Labute approximate surface area is 162 Å². The van der Waals surface area contributed by atoms with E-state index < -0.39 is 72.7 Å². The van der Waals surface area contributed by atoms with Crippen LogP contribution >= 0.6 is 0 Å². The molecule has 12 nitrogen and oxygen atoms in total. The van der Waals surface area contributed by atoms with Gasteiger partial charge in [0.25, 0.3) is 0 Å². The first-order valence-corrected chi connectivity index (χ1v) is 8.73. The molecule has 0 heterocycles. The Bertz CT molecular complexity index is 596. The van der Waals surface area contributed by atoms with Gasteiger partial charge in [-0.2, -0.15) is 0 Å². The standard InChI is InChI=1S/C16H29N5O7/c1-4-7(2)12(16(27)28)21-14(25)9(5-11(18)23)19-15(26)10(6-22)20-13(24)8(3)17/h7-10,12,22H,4-6,17H2,1-3H3,(H2,18,23)(H,19,26)(H,20,24)(H,21,25)(H,27,28). The number of aliphatic hydroxyl groups is 1. The summed E-state index contributed by atoms with van der Waals surface area (Å²) in [5.74, 6) is -5.22. The second kappa shape index (κ2) is 11.9. The maximum Gasteiger partial charge on any atom is 0.326 e. The van der Waals surface area contributed by atoms with Gasteiger partial charge in [-0.05, 0) is 12.8 Å². The van der Waals surface area contributed by atoms with Crippen LogP contribution in [0.3, 0.4) is 0 Å². The van der Waals surface area contributed by atoms with E-state index in [1.165, 1.54) is 6.92 Å². The number of primary amides is 1. The van der Waals surface area contributed by atoms with Gasteiger partial charge < -0.3 is 37.6 Å². The smallest absolute Gasteiger partial charge is 0.326 e. The SMILES string of the molecule is CCC(C)C(NC(=O)C(CC(N)=O)NC(=O)C(CO)NC(=O)C(C)N)C(=O)O. The van der Waals surface area contributed by atoms with Gasteiger partial charge in [0.05, 0.1) is 19.1 Å². The normalized spacial score (nSPS) is 16.0. The average molecular weight is 403 g/mol. The highest BCUT2D eigenvalue weighted by Crippen LogP contribution is 2.08. The first-order chi connectivity index (χ1) is 12.9. The molecule has 0 aromatic heterocycles. The predicted octanol–water partition coefficient (Wildman–Crippen LogP) is -3.21. The Balaban J connectivity index is 5.31. The molecule has 5 atom stereocenters. The van der Waals surface area contributed by atoms with E-state index in [0.29, 0.717) is 6.42 Å². The van der Waals surface area contributed by atoms with Crippen molar-refractivity contribution < 1.29 is 34.2 Å². The van der Waals surface area contributed by atoms with Gasteiger partial charge in [-0.3, -0.25) is 19.2 Å². The highest BCUT2D eigenvalue weighted by Gasteiger charge is 2.32. The minimum atomic E-state index is -1.49. The van der Waals surface area contributed by atoms with Crippen molar-refractivity contribution in [3.05, 3.63) is 0 Å². The van der Waals surface area contributed by atoms with E-state index in [4.69, 9.17) is 11.5 Å². The Kier molecular flexibility index (Phi) is 10.7. The number of nitrogens with two attached hydrogens (primary N) is 2. The molecule has 0 aliphatic carbocycles. The number of carboxylic acids is 1. The van der Waals surface area contributed by atoms with Crippen LogP contribution in [0.25, 0.3) is 0 Å². The second-order valence-corrected chi connectivity index (χ2v) is 6.47. The van der Waals surface area contributed by atoms with E-state index in [0.717, 1.165) is 0 Å². The number of carbonyl (C=O) groups excluding carboxylic acids is 4. The summed E-state index contributed by atoms with van der Waals surface area (Å²) in [5.41, 5.74) is 10.5. The molecule has 0 saturated heterocycles. The quantitative estimate of drug-likeness (QED) is 0.175. The van der Waals surface area contributed by atoms with Crippen molar-refractivity contribution in [2.24, 2.45) is 17.4 Å². The summed E-state index contributed by atoms with van der Waals surface area (Å²) in [6.07, 6.45) is -0.149. The molecule has 0 saturated carbocycles. The molecule has 9 N–H and O–H groups in total. The third-order valence-electron chi connectivity index (χ3n) is 4.04. The lowest BCUT2D eigenvalue weighted by Crippen LogP contribution is -2.59. The van der Waals surface area contributed by atoms with Crippen LogP contribution in [0.4, 0.5) is 0 Å². The molecule has 0 aliphatic rings. The summed E-state index contributed by atoms with van der Waals surface area (Å²) >= 11 is 0. The number of aliphatic carboxylic acids is 1. The zero-order chi connectivity index (χ0) is 22.0. The summed E-state index contributed by atoms with van der Waals surface area (Å²) in [4.78, 5) is 58.9. The molecule has 0 bridgehead atoms. The van der Waals surface area contributed by atoms with Crippen molar-refractivity contribution in [2.45, 2.75) is 57.8 Å². The molecule has 28 heavy (non-hydrogen) atoms. The molecule has 0 aromatic carbocycles. The fourth-order valence-electron chi connectivity index (χ4n) is 2.12. The molecule has 12 heteroatoms. The number of carboxylic acid groups (broad SMARTS) is 1. The number of hydrogen-bond donors (Lipinski definition) is 7. The predicted molar refractivity (Wildman–Crippen MR) is 97.4 cm³/mol. The third kappa shape index (κ3) is 8.31. The summed E-state index contributed by atoms with van der Waals surface area (Å²) in [5, 5.41) is 25.2. The van der Waals surface area contributed by atoms with Crippen LogP contribution < -0.4 is 27.4 Å². The van der Waals surface area contributed by atoms with Crippen LogP contribution in [0.2, 0.25) is 0 Å². The van der Waals surface area contributed by atoms with Crippen molar-refractivity contribution in [3.63, 3.8) is 0 Å². The lowest BCUT2D eigenvalue weighted by molar-refractivity contribution is -0.144. The first kappa shape index (κ1) is 25.3. The van der Waals surface area contributed by atoms with Crippen molar-refractivity contribution in [2.75, 3.05) is 6.61 Å². The lowest BCUT2D eigenvalue weighted by atomic mass is 9.98. The van der Waals surface area contributed by atoms with Gasteiger partial charge >= 0.3 is 5.97 Å². The molecule has 0 spiro atoms. The van der Waals surface area contributed by atoms with E-state index in [-0.39, 0.29) is 0 Å². The number of nitrogens with one attached hydrogen (secondary N) is 3. The fraction of sp³-hybridized carbons (Fsp3) is 0.688. The van der Waals surface area contributed by atoms with Gasteiger partial charge in [0.1, 0.15) is 18.1 Å². The van der Waals surface area contributed by atoms with Crippen molar-refractivity contribution in [1.29, 1.82) is 0 Å². The zero-order valence-corrected chi connectivity index (χ0v) is 16.1. The topological polar surface area (TPSA) is 214 Å². The van der Waals surface area contributed by atoms with E-state index >= 15 is 0 Å². The number of amides is 4. The Morgan fingerprint density at radius 3 is 1.82 bits per heavy atom. The zero-order valence-electron chi connectivity index (χ0n) is 16.1. The highest BCUT2D eigenvalue weighted by atomic mass is 16.4. The number of carbonyl (C=O) groups is 5. The molecule has 0 rings (SSSR count). The Hall–Kier alpha value is -2.73. The summed E-state index contributed by atoms with van der Waals surface area (Å²) in [6.45, 7) is 3.93. The molecular formula is C16H29N5O7. The highest BCUT2D eigenvalue weighted by molar-refractivity contribution is 5.96. The number of aliphatic hydroxyl groups excluding tert-OH is 1. The molecule has 0 fully saturated rings.